The fourth-order valence-electron chi connectivity index (χ4n) is 0.758. The largest absolute Gasteiger partial charge is 0.238 e. The van der Waals surface area contributed by atoms with E-state index >= 15 is 0 Å². The SMILES string of the molecule is Clc1cc(Br)c(-c2nnn[nH]2)s1. The quantitative estimate of drug-likeness (QED) is 0.861. The molecule has 2 aromatic rings. The van der Waals surface area contributed by atoms with Gasteiger partial charge in [-0.3, -0.25) is 0 Å². The molecule has 0 unspecified atom stereocenters. The zero-order valence-electron chi connectivity index (χ0n) is 5.58. The van der Waals surface area contributed by atoms with Gasteiger partial charge in [-0.25, -0.2) is 5.10 Å². The first kappa shape index (κ1) is 8.15. The Kier molecular flexibility index (Phi) is 2.12. The van der Waals surface area contributed by atoms with Crippen molar-refractivity contribution in [1.82, 2.24) is 20.6 Å². The molecule has 0 atom stereocenters. The monoisotopic (exact) mass is 264 g/mol. The molecular weight excluding hydrogens is 264 g/mol. The Hall–Kier alpha value is -0.460. The molecule has 0 aliphatic rings. The first-order chi connectivity index (χ1) is 5.77. The Balaban J connectivity index is 2.54. The van der Waals surface area contributed by atoms with Gasteiger partial charge in [-0.1, -0.05) is 11.6 Å². The average molecular weight is 266 g/mol. The second-order valence-electron chi connectivity index (χ2n) is 1.98. The molecule has 2 heterocycles. The van der Waals surface area contributed by atoms with Crippen molar-refractivity contribution in [1.29, 1.82) is 0 Å². The average Bonchev–Trinajstić information content (AvgIpc) is 2.58. The van der Waals surface area contributed by atoms with E-state index in [0.29, 0.717) is 10.2 Å². The zero-order chi connectivity index (χ0) is 8.55. The van der Waals surface area contributed by atoms with Gasteiger partial charge < -0.3 is 0 Å². The van der Waals surface area contributed by atoms with Crippen LogP contribution in [0.2, 0.25) is 4.34 Å². The lowest BCUT2D eigenvalue weighted by atomic mass is 10.4. The molecular formula is C5H2BrClN4S. The zero-order valence-corrected chi connectivity index (χ0v) is 8.74. The van der Waals surface area contributed by atoms with Gasteiger partial charge in [0.2, 0.25) is 0 Å². The second-order valence-corrected chi connectivity index (χ2v) is 4.52. The number of tetrazole rings is 1. The van der Waals surface area contributed by atoms with E-state index in [9.17, 15) is 0 Å². The van der Waals surface area contributed by atoms with Gasteiger partial charge in [0.15, 0.2) is 5.82 Å². The van der Waals surface area contributed by atoms with Gasteiger partial charge in [-0.15, -0.1) is 16.4 Å². The minimum absolute atomic E-state index is 0.624. The Morgan fingerprint density at radius 2 is 2.42 bits per heavy atom. The number of rotatable bonds is 1. The van der Waals surface area contributed by atoms with Crippen molar-refractivity contribution in [2.24, 2.45) is 0 Å². The summed E-state index contributed by atoms with van der Waals surface area (Å²) < 4.78 is 1.60. The summed E-state index contributed by atoms with van der Waals surface area (Å²) in [5.74, 6) is 0.624. The molecule has 62 valence electrons. The number of thiophene rings is 1. The molecule has 0 bridgehead atoms. The molecule has 2 rings (SSSR count). The normalized spacial score (nSPS) is 10.5. The van der Waals surface area contributed by atoms with Gasteiger partial charge >= 0.3 is 0 Å². The lowest BCUT2D eigenvalue weighted by Crippen LogP contribution is -1.75. The number of aromatic amines is 1. The van der Waals surface area contributed by atoms with E-state index in [2.05, 4.69) is 36.6 Å². The minimum Gasteiger partial charge on any atom is -0.238 e. The fourth-order valence-corrected chi connectivity index (χ4v) is 2.75. The highest BCUT2D eigenvalue weighted by atomic mass is 79.9. The lowest BCUT2D eigenvalue weighted by molar-refractivity contribution is 0.881. The number of hydrogen-bond acceptors (Lipinski definition) is 4. The summed E-state index contributed by atoms with van der Waals surface area (Å²) in [6.07, 6.45) is 0. The summed E-state index contributed by atoms with van der Waals surface area (Å²) in [6, 6.07) is 1.81. The molecule has 1 N–H and O–H groups in total. The number of halogens is 2. The molecule has 4 nitrogen and oxygen atoms in total. The van der Waals surface area contributed by atoms with Crippen LogP contribution in [0.3, 0.4) is 0 Å². The van der Waals surface area contributed by atoms with Crippen LogP contribution in [0, 0.1) is 0 Å². The summed E-state index contributed by atoms with van der Waals surface area (Å²) in [5.41, 5.74) is 0. The van der Waals surface area contributed by atoms with Crippen LogP contribution >= 0.6 is 38.9 Å². The number of aromatic nitrogens is 4. The van der Waals surface area contributed by atoms with Crippen molar-refractivity contribution >= 4 is 38.9 Å². The number of hydrogen-bond donors (Lipinski definition) is 1. The maximum atomic E-state index is 5.79. The molecule has 7 heteroatoms. The van der Waals surface area contributed by atoms with E-state index in [4.69, 9.17) is 11.6 Å². The molecule has 0 saturated carbocycles. The van der Waals surface area contributed by atoms with Crippen LogP contribution in [-0.2, 0) is 0 Å². The van der Waals surface area contributed by atoms with Gasteiger partial charge in [0, 0.05) is 4.47 Å². The standard InChI is InChI=1S/C5H2BrClN4S/c6-2-1-3(7)12-4(2)5-8-10-11-9-5/h1H,(H,8,9,10,11). The highest BCUT2D eigenvalue weighted by Crippen LogP contribution is 2.36. The van der Waals surface area contributed by atoms with Crippen molar-refractivity contribution < 1.29 is 0 Å². The summed E-state index contributed by atoms with van der Waals surface area (Å²) in [6.45, 7) is 0. The molecule has 0 aromatic carbocycles. The van der Waals surface area contributed by atoms with E-state index in [0.717, 1.165) is 9.35 Å². The Morgan fingerprint density at radius 1 is 1.58 bits per heavy atom. The third-order valence-electron chi connectivity index (χ3n) is 1.22. The van der Waals surface area contributed by atoms with Crippen molar-refractivity contribution in [3.05, 3.63) is 14.9 Å². The smallest absolute Gasteiger partial charge is 0.190 e. The minimum atomic E-state index is 0.624. The van der Waals surface area contributed by atoms with Gasteiger partial charge in [0.25, 0.3) is 0 Å². The summed E-state index contributed by atoms with van der Waals surface area (Å²) in [5, 5.41) is 13.4. The van der Waals surface area contributed by atoms with Gasteiger partial charge in [-0.05, 0) is 32.4 Å². The molecule has 0 radical (unpaired) electrons. The van der Waals surface area contributed by atoms with E-state index < -0.39 is 0 Å². The van der Waals surface area contributed by atoms with Crippen molar-refractivity contribution in [2.75, 3.05) is 0 Å². The first-order valence-corrected chi connectivity index (χ1v) is 4.95. The maximum Gasteiger partial charge on any atom is 0.190 e. The van der Waals surface area contributed by atoms with Crippen LogP contribution in [0.1, 0.15) is 0 Å². The van der Waals surface area contributed by atoms with Crippen LogP contribution in [0.5, 0.6) is 0 Å². The van der Waals surface area contributed by atoms with Crippen LogP contribution in [-0.4, -0.2) is 20.6 Å². The third-order valence-corrected chi connectivity index (χ3v) is 3.38. The molecule has 12 heavy (non-hydrogen) atoms. The molecule has 0 aliphatic heterocycles. The molecule has 0 aliphatic carbocycles. The molecule has 0 amide bonds. The Bertz CT molecular complexity index is 384. The van der Waals surface area contributed by atoms with E-state index in [-0.39, 0.29) is 0 Å². The molecule has 2 aromatic heterocycles. The number of nitrogens with one attached hydrogen (secondary N) is 1. The highest BCUT2D eigenvalue weighted by molar-refractivity contribution is 9.10. The van der Waals surface area contributed by atoms with Crippen LogP contribution in [0.25, 0.3) is 10.7 Å². The van der Waals surface area contributed by atoms with Crippen molar-refractivity contribution in [3.8, 4) is 10.7 Å². The van der Waals surface area contributed by atoms with Gasteiger partial charge in [-0.2, -0.15) is 0 Å². The van der Waals surface area contributed by atoms with Crippen LogP contribution < -0.4 is 0 Å². The van der Waals surface area contributed by atoms with E-state index in [1.165, 1.54) is 11.3 Å². The predicted molar refractivity (Wildman–Crippen MR) is 50.2 cm³/mol. The fraction of sp³-hybridized carbons (Fsp3) is 0. The Morgan fingerprint density at radius 3 is 2.92 bits per heavy atom. The summed E-state index contributed by atoms with van der Waals surface area (Å²) in [4.78, 5) is 0.907. The second kappa shape index (κ2) is 3.12. The van der Waals surface area contributed by atoms with Gasteiger partial charge in [0.1, 0.15) is 0 Å². The van der Waals surface area contributed by atoms with Gasteiger partial charge in [0.05, 0.1) is 9.21 Å². The lowest BCUT2D eigenvalue weighted by Gasteiger charge is -1.86. The Labute approximate surface area is 85.1 Å². The van der Waals surface area contributed by atoms with Crippen molar-refractivity contribution in [2.45, 2.75) is 0 Å². The van der Waals surface area contributed by atoms with Crippen molar-refractivity contribution in [3.63, 3.8) is 0 Å². The van der Waals surface area contributed by atoms with E-state index in [1.54, 1.807) is 0 Å². The molecule has 0 spiro atoms. The third kappa shape index (κ3) is 1.37. The number of nitrogens with zero attached hydrogens (tertiary/aromatic N) is 3. The maximum absolute atomic E-state index is 5.79. The predicted octanol–water partition coefficient (Wildman–Crippen LogP) is 2.34. The van der Waals surface area contributed by atoms with E-state index in [1.807, 2.05) is 6.07 Å². The van der Waals surface area contributed by atoms with Crippen LogP contribution in [0.15, 0.2) is 10.5 Å². The topological polar surface area (TPSA) is 54.5 Å². The number of H-pyrrole nitrogens is 1. The summed E-state index contributed by atoms with van der Waals surface area (Å²) in [7, 11) is 0. The van der Waals surface area contributed by atoms with Crippen LogP contribution in [0.4, 0.5) is 0 Å². The highest BCUT2D eigenvalue weighted by Gasteiger charge is 2.10. The molecule has 0 saturated heterocycles. The summed E-state index contributed by atoms with van der Waals surface area (Å²) >= 11 is 10.6. The molecule has 0 fully saturated rings. The first-order valence-electron chi connectivity index (χ1n) is 2.96.